The molecule has 19 heavy (non-hydrogen) atoms. The predicted molar refractivity (Wildman–Crippen MR) is 80.2 cm³/mol. The van der Waals surface area contributed by atoms with E-state index in [0.29, 0.717) is 13.1 Å². The van der Waals surface area contributed by atoms with Crippen LogP contribution in [0.3, 0.4) is 0 Å². The third-order valence-corrected chi connectivity index (χ3v) is 4.91. The lowest BCUT2D eigenvalue weighted by atomic mass is 9.98. The second-order valence-electron chi connectivity index (χ2n) is 5.36. The number of nitrogens with two attached hydrogens (primary N) is 1. The summed E-state index contributed by atoms with van der Waals surface area (Å²) in [5.41, 5.74) is 6.47. The van der Waals surface area contributed by atoms with E-state index in [4.69, 9.17) is 5.73 Å². The molecule has 0 aliphatic heterocycles. The maximum atomic E-state index is 12.9. The van der Waals surface area contributed by atoms with Gasteiger partial charge in [-0.1, -0.05) is 18.2 Å². The van der Waals surface area contributed by atoms with Crippen LogP contribution < -0.4 is 5.73 Å². The van der Waals surface area contributed by atoms with Crippen molar-refractivity contribution in [2.75, 3.05) is 19.6 Å². The van der Waals surface area contributed by atoms with Crippen LogP contribution in [0.5, 0.6) is 0 Å². The fourth-order valence-electron chi connectivity index (χ4n) is 2.75. The van der Waals surface area contributed by atoms with Crippen molar-refractivity contribution in [1.29, 1.82) is 0 Å². The van der Waals surface area contributed by atoms with E-state index in [-0.39, 0.29) is 17.2 Å². The highest BCUT2D eigenvalue weighted by molar-refractivity contribution is 7.10. The number of carbonyl (C=O) groups is 1. The molecular formula is C15H22N2OS. The number of likely N-dealkylation sites (N-methyl/N-ethyl adjacent to an activating group) is 1. The van der Waals surface area contributed by atoms with Gasteiger partial charge in [-0.2, -0.15) is 0 Å². The first-order valence-corrected chi connectivity index (χ1v) is 7.62. The molecule has 1 amide bonds. The van der Waals surface area contributed by atoms with E-state index in [1.807, 2.05) is 30.2 Å². The molecule has 1 aliphatic rings. The predicted octanol–water partition coefficient (Wildman–Crippen LogP) is 2.39. The smallest absolute Gasteiger partial charge is 0.234 e. The van der Waals surface area contributed by atoms with Crippen LogP contribution in [0.2, 0.25) is 0 Å². The second kappa shape index (κ2) is 5.47. The molecule has 104 valence electrons. The molecule has 0 saturated heterocycles. The summed E-state index contributed by atoms with van der Waals surface area (Å²) in [4.78, 5) is 16.0. The average Bonchev–Trinajstić information content (AvgIpc) is 2.88. The molecule has 2 atom stereocenters. The molecule has 1 heterocycles. The van der Waals surface area contributed by atoms with E-state index in [1.54, 1.807) is 11.3 Å². The molecule has 1 fully saturated rings. The second-order valence-corrected chi connectivity index (χ2v) is 6.31. The van der Waals surface area contributed by atoms with Crippen LogP contribution in [0, 0.1) is 5.92 Å². The van der Waals surface area contributed by atoms with Gasteiger partial charge in [0.1, 0.15) is 0 Å². The van der Waals surface area contributed by atoms with Crippen LogP contribution in [-0.2, 0) is 10.2 Å². The lowest BCUT2D eigenvalue weighted by Crippen LogP contribution is -2.41. The number of carbonyl (C=O) groups excluding carboxylic acids is 1. The molecule has 1 aromatic rings. The quantitative estimate of drug-likeness (QED) is 0.812. The Kier molecular flexibility index (Phi) is 4.11. The molecule has 0 aromatic carbocycles. The topological polar surface area (TPSA) is 46.3 Å². The van der Waals surface area contributed by atoms with Gasteiger partial charge in [-0.15, -0.1) is 11.3 Å². The van der Waals surface area contributed by atoms with E-state index >= 15 is 0 Å². The normalized spacial score (nSPS) is 25.1. The number of thiophene rings is 1. The summed E-state index contributed by atoms with van der Waals surface area (Å²) in [6.45, 7) is 9.82. The van der Waals surface area contributed by atoms with Gasteiger partial charge in [0.25, 0.3) is 0 Å². The lowest BCUT2D eigenvalue weighted by molar-refractivity contribution is -0.133. The Hall–Kier alpha value is -1.13. The molecule has 0 unspecified atom stereocenters. The first-order chi connectivity index (χ1) is 9.06. The molecular weight excluding hydrogens is 256 g/mol. The highest BCUT2D eigenvalue weighted by Crippen LogP contribution is 2.56. The first-order valence-electron chi connectivity index (χ1n) is 6.74. The van der Waals surface area contributed by atoms with Gasteiger partial charge in [-0.3, -0.25) is 4.79 Å². The Labute approximate surface area is 119 Å². The van der Waals surface area contributed by atoms with Gasteiger partial charge >= 0.3 is 0 Å². The molecule has 0 bridgehead atoms. The van der Waals surface area contributed by atoms with Crippen molar-refractivity contribution < 1.29 is 4.79 Å². The molecule has 2 N–H and O–H groups in total. The molecule has 4 heteroatoms. The van der Waals surface area contributed by atoms with Crippen LogP contribution in [0.1, 0.15) is 25.1 Å². The maximum absolute atomic E-state index is 12.9. The number of rotatable bonds is 6. The summed E-state index contributed by atoms with van der Waals surface area (Å²) in [6.07, 6.45) is 0.884. The van der Waals surface area contributed by atoms with Crippen molar-refractivity contribution in [1.82, 2.24) is 4.90 Å². The standard InChI is InChI=1S/C15H22N2OS/c1-4-17(10-11(2)3)14(18)15(8-12(15)9-16)13-6-5-7-19-13/h5-7,12H,2,4,8-10,16H2,1,3H3/t12-,15-/m0/s1. The minimum Gasteiger partial charge on any atom is -0.338 e. The highest BCUT2D eigenvalue weighted by atomic mass is 32.1. The van der Waals surface area contributed by atoms with Gasteiger partial charge in [0.05, 0.1) is 5.41 Å². The van der Waals surface area contributed by atoms with Gasteiger partial charge in [0.15, 0.2) is 0 Å². The van der Waals surface area contributed by atoms with Crippen molar-refractivity contribution in [3.8, 4) is 0 Å². The van der Waals surface area contributed by atoms with Crippen molar-refractivity contribution in [3.05, 3.63) is 34.5 Å². The molecule has 1 aromatic heterocycles. The lowest BCUT2D eigenvalue weighted by Gasteiger charge is -2.27. The third-order valence-electron chi connectivity index (χ3n) is 3.86. The summed E-state index contributed by atoms with van der Waals surface area (Å²) in [5.74, 6) is 0.508. The zero-order chi connectivity index (χ0) is 14.0. The monoisotopic (exact) mass is 278 g/mol. The molecule has 1 aliphatic carbocycles. The SMILES string of the molecule is C=C(C)CN(CC)C(=O)[C@@]1(c2cccs2)C[C@H]1CN. The summed E-state index contributed by atoms with van der Waals surface area (Å²) in [5, 5.41) is 2.03. The largest absolute Gasteiger partial charge is 0.338 e. The van der Waals surface area contributed by atoms with Crippen LogP contribution >= 0.6 is 11.3 Å². The van der Waals surface area contributed by atoms with E-state index in [9.17, 15) is 4.79 Å². The minimum absolute atomic E-state index is 0.218. The van der Waals surface area contributed by atoms with Crippen molar-refractivity contribution in [2.45, 2.75) is 25.7 Å². The summed E-state index contributed by atoms with van der Waals surface area (Å²) in [7, 11) is 0. The molecule has 0 spiro atoms. The van der Waals surface area contributed by atoms with E-state index < -0.39 is 0 Å². The summed E-state index contributed by atoms with van der Waals surface area (Å²) >= 11 is 1.66. The summed E-state index contributed by atoms with van der Waals surface area (Å²) in [6, 6.07) is 4.07. The van der Waals surface area contributed by atoms with Crippen molar-refractivity contribution in [3.63, 3.8) is 0 Å². The Morgan fingerprint density at radius 3 is 2.84 bits per heavy atom. The summed E-state index contributed by atoms with van der Waals surface area (Å²) < 4.78 is 0. The Morgan fingerprint density at radius 1 is 1.68 bits per heavy atom. The fourth-order valence-corrected chi connectivity index (χ4v) is 3.76. The van der Waals surface area contributed by atoms with Gasteiger partial charge in [-0.25, -0.2) is 0 Å². The van der Waals surface area contributed by atoms with Crippen molar-refractivity contribution in [2.24, 2.45) is 11.7 Å². The fraction of sp³-hybridized carbons (Fsp3) is 0.533. The number of nitrogens with zero attached hydrogens (tertiary/aromatic N) is 1. The number of hydrogen-bond donors (Lipinski definition) is 1. The Bertz CT molecular complexity index is 468. The minimum atomic E-state index is -0.353. The van der Waals surface area contributed by atoms with Crippen LogP contribution in [0.4, 0.5) is 0 Å². The third kappa shape index (κ3) is 2.47. The number of hydrogen-bond acceptors (Lipinski definition) is 3. The molecule has 0 radical (unpaired) electrons. The van der Waals surface area contributed by atoms with Gasteiger partial charge in [-0.05, 0) is 44.2 Å². The zero-order valence-corrected chi connectivity index (χ0v) is 12.5. The highest BCUT2D eigenvalue weighted by Gasteiger charge is 2.61. The van der Waals surface area contributed by atoms with Gasteiger partial charge in [0, 0.05) is 18.0 Å². The van der Waals surface area contributed by atoms with Gasteiger partial charge in [0.2, 0.25) is 5.91 Å². The number of amides is 1. The van der Waals surface area contributed by atoms with Gasteiger partial charge < -0.3 is 10.6 Å². The van der Waals surface area contributed by atoms with E-state index in [2.05, 4.69) is 12.6 Å². The average molecular weight is 278 g/mol. The van der Waals surface area contributed by atoms with Crippen LogP contribution in [0.15, 0.2) is 29.7 Å². The molecule has 1 saturated carbocycles. The maximum Gasteiger partial charge on any atom is 0.234 e. The Morgan fingerprint density at radius 2 is 2.42 bits per heavy atom. The molecule has 3 nitrogen and oxygen atoms in total. The van der Waals surface area contributed by atoms with E-state index in [1.165, 1.54) is 0 Å². The molecule has 2 rings (SSSR count). The van der Waals surface area contributed by atoms with Crippen LogP contribution in [0.25, 0.3) is 0 Å². The first kappa shape index (κ1) is 14.3. The Balaban J connectivity index is 2.26. The van der Waals surface area contributed by atoms with Crippen molar-refractivity contribution >= 4 is 17.2 Å². The zero-order valence-electron chi connectivity index (χ0n) is 11.7. The van der Waals surface area contributed by atoms with E-state index in [0.717, 1.165) is 23.4 Å². The van der Waals surface area contributed by atoms with Crippen LogP contribution in [-0.4, -0.2) is 30.4 Å².